The second-order valence-electron chi connectivity index (χ2n) is 3.74. The highest BCUT2D eigenvalue weighted by Gasteiger charge is 2.14. The van der Waals surface area contributed by atoms with Crippen LogP contribution >= 0.6 is 0 Å². The van der Waals surface area contributed by atoms with Crippen LogP contribution in [0.25, 0.3) is 12.3 Å². The molecule has 16 heavy (non-hydrogen) atoms. The molecule has 0 radical (unpaired) electrons. The Morgan fingerprint density at radius 2 is 2.25 bits per heavy atom. The third-order valence-electron chi connectivity index (χ3n) is 2.77. The van der Waals surface area contributed by atoms with Crippen LogP contribution in [0, 0.1) is 0 Å². The minimum Gasteiger partial charge on any atom is -0.464 e. The minimum absolute atomic E-state index is 0.623. The molecule has 0 amide bonds. The zero-order chi connectivity index (χ0) is 11.0. The molecule has 2 heterocycles. The summed E-state index contributed by atoms with van der Waals surface area (Å²) in [6.45, 7) is 1.41. The van der Waals surface area contributed by atoms with E-state index in [1.807, 2.05) is 29.4 Å². The van der Waals surface area contributed by atoms with E-state index in [0.717, 1.165) is 28.4 Å². The lowest BCUT2D eigenvalue weighted by atomic mass is 10.1. The summed E-state index contributed by atoms with van der Waals surface area (Å²) >= 11 is 0. The van der Waals surface area contributed by atoms with Gasteiger partial charge in [-0.15, -0.1) is 0 Å². The van der Waals surface area contributed by atoms with Gasteiger partial charge in [-0.1, -0.05) is 0 Å². The number of hydrazine groups is 1. The van der Waals surface area contributed by atoms with Crippen molar-refractivity contribution in [2.75, 3.05) is 18.1 Å². The van der Waals surface area contributed by atoms with Crippen LogP contribution in [0.5, 0.6) is 5.75 Å². The fraction of sp³-hybridized carbons (Fsp3) is 0.167. The highest BCUT2D eigenvalue weighted by molar-refractivity contribution is 5.62. The van der Waals surface area contributed by atoms with E-state index in [4.69, 9.17) is 10.5 Å². The van der Waals surface area contributed by atoms with Gasteiger partial charge in [0.2, 0.25) is 0 Å². The average molecular weight is 215 g/mol. The lowest BCUT2D eigenvalue weighted by molar-refractivity contribution is 0.474. The number of hydrogen-bond acceptors (Lipinski definition) is 4. The van der Waals surface area contributed by atoms with Crippen molar-refractivity contribution in [3.8, 4) is 5.75 Å². The van der Waals surface area contributed by atoms with Gasteiger partial charge in [-0.2, -0.15) is 0 Å². The maximum atomic E-state index is 5.56. The van der Waals surface area contributed by atoms with Gasteiger partial charge < -0.3 is 15.9 Å². The molecule has 0 spiro atoms. The molecule has 3 rings (SSSR count). The number of rotatable bonds is 2. The van der Waals surface area contributed by atoms with E-state index in [1.54, 1.807) is 6.26 Å². The predicted octanol–water partition coefficient (Wildman–Crippen LogP) is -0.606. The van der Waals surface area contributed by atoms with Crippen molar-refractivity contribution in [3.63, 3.8) is 0 Å². The monoisotopic (exact) mass is 215 g/mol. The van der Waals surface area contributed by atoms with Crippen molar-refractivity contribution in [2.45, 2.75) is 0 Å². The molecule has 4 nitrogen and oxygen atoms in total. The molecule has 0 saturated heterocycles. The molecule has 0 saturated carbocycles. The van der Waals surface area contributed by atoms with Gasteiger partial charge in [0.25, 0.3) is 0 Å². The van der Waals surface area contributed by atoms with E-state index in [2.05, 4.69) is 11.5 Å². The van der Waals surface area contributed by atoms with Gasteiger partial charge in [-0.3, -0.25) is 5.01 Å². The van der Waals surface area contributed by atoms with Crippen LogP contribution in [-0.4, -0.2) is 13.1 Å². The molecule has 0 bridgehead atoms. The van der Waals surface area contributed by atoms with Crippen LogP contribution in [0.3, 0.4) is 0 Å². The SMILES string of the molecule is NCCN1NC=c2c1ccc1c2=CC=CO1. The van der Waals surface area contributed by atoms with Crippen molar-refractivity contribution in [1.29, 1.82) is 0 Å². The van der Waals surface area contributed by atoms with Crippen molar-refractivity contribution >= 4 is 18.0 Å². The Hall–Kier alpha value is -1.94. The second kappa shape index (κ2) is 3.57. The number of benzene rings is 1. The topological polar surface area (TPSA) is 50.5 Å². The van der Waals surface area contributed by atoms with E-state index >= 15 is 0 Å². The van der Waals surface area contributed by atoms with Crippen molar-refractivity contribution in [2.24, 2.45) is 5.73 Å². The maximum Gasteiger partial charge on any atom is 0.134 e. The number of allylic oxidation sites excluding steroid dienone is 1. The molecule has 0 unspecified atom stereocenters. The molecule has 1 aromatic rings. The summed E-state index contributed by atoms with van der Waals surface area (Å²) in [6.07, 6.45) is 7.64. The Labute approximate surface area is 93.3 Å². The first kappa shape index (κ1) is 9.30. The summed E-state index contributed by atoms with van der Waals surface area (Å²) in [6, 6.07) is 4.03. The van der Waals surface area contributed by atoms with Crippen molar-refractivity contribution < 1.29 is 4.74 Å². The summed E-state index contributed by atoms with van der Waals surface area (Å²) in [5.74, 6) is 0.897. The molecule has 1 aromatic carbocycles. The molecule has 0 aromatic heterocycles. The number of nitrogens with zero attached hydrogens (tertiary/aromatic N) is 1. The zero-order valence-electron chi connectivity index (χ0n) is 8.81. The fourth-order valence-electron chi connectivity index (χ4n) is 2.04. The highest BCUT2D eigenvalue weighted by Crippen LogP contribution is 2.13. The Morgan fingerprint density at radius 3 is 3.12 bits per heavy atom. The van der Waals surface area contributed by atoms with Gasteiger partial charge >= 0.3 is 0 Å². The predicted molar refractivity (Wildman–Crippen MR) is 63.9 cm³/mol. The standard InChI is InChI=1S/C12H13N3O/c13-5-6-15-11-3-4-12-9(2-1-7-16-12)10(11)8-14-15/h1-4,7-8,14H,5-6,13H2. The van der Waals surface area contributed by atoms with Gasteiger partial charge in [0.05, 0.1) is 18.5 Å². The molecule has 0 aliphatic carbocycles. The lowest BCUT2D eigenvalue weighted by Crippen LogP contribution is -2.36. The molecule has 2 aliphatic rings. The molecule has 3 N–H and O–H groups in total. The number of nitrogens with two attached hydrogens (primary N) is 1. The van der Waals surface area contributed by atoms with Crippen LogP contribution in [-0.2, 0) is 0 Å². The van der Waals surface area contributed by atoms with Crippen molar-refractivity contribution in [1.82, 2.24) is 5.43 Å². The highest BCUT2D eigenvalue weighted by atomic mass is 16.5. The Kier molecular flexibility index (Phi) is 2.08. The summed E-state index contributed by atoms with van der Waals surface area (Å²) < 4.78 is 5.44. The molecular formula is C12H13N3O. The van der Waals surface area contributed by atoms with E-state index < -0.39 is 0 Å². The lowest BCUT2D eigenvalue weighted by Gasteiger charge is -2.19. The van der Waals surface area contributed by atoms with Crippen LogP contribution in [0.15, 0.2) is 24.5 Å². The third-order valence-corrected chi connectivity index (χ3v) is 2.77. The van der Waals surface area contributed by atoms with Crippen LogP contribution in [0.1, 0.15) is 0 Å². The smallest absolute Gasteiger partial charge is 0.134 e. The summed E-state index contributed by atoms with van der Waals surface area (Å²) in [7, 11) is 0. The summed E-state index contributed by atoms with van der Waals surface area (Å²) in [5.41, 5.74) is 9.92. The quantitative estimate of drug-likeness (QED) is 0.691. The van der Waals surface area contributed by atoms with Crippen molar-refractivity contribution in [3.05, 3.63) is 34.9 Å². The first-order valence-electron chi connectivity index (χ1n) is 5.30. The number of nitrogens with one attached hydrogen (secondary N) is 1. The van der Waals surface area contributed by atoms with Gasteiger partial charge in [0.1, 0.15) is 5.75 Å². The number of ether oxygens (including phenoxy) is 1. The second-order valence-corrected chi connectivity index (χ2v) is 3.74. The number of fused-ring (bicyclic) bond motifs is 3. The molecule has 2 aliphatic heterocycles. The minimum atomic E-state index is 0.623. The molecule has 0 fully saturated rings. The first-order chi connectivity index (χ1) is 7.90. The van der Waals surface area contributed by atoms with Crippen LogP contribution < -0.4 is 31.3 Å². The molecule has 82 valence electrons. The summed E-state index contributed by atoms with van der Waals surface area (Å²) in [5, 5.41) is 4.32. The number of anilines is 1. The van der Waals surface area contributed by atoms with Gasteiger partial charge in [-0.05, 0) is 24.3 Å². The number of hydrogen-bond donors (Lipinski definition) is 2. The first-order valence-corrected chi connectivity index (χ1v) is 5.30. The molecule has 0 atom stereocenters. The molecule has 4 heteroatoms. The zero-order valence-corrected chi connectivity index (χ0v) is 8.81. The third kappa shape index (κ3) is 1.27. The maximum absolute atomic E-state index is 5.56. The Bertz CT molecular complexity index is 562. The average Bonchev–Trinajstić information content (AvgIpc) is 2.73. The Balaban J connectivity index is 2.17. The Morgan fingerprint density at radius 1 is 1.31 bits per heavy atom. The van der Waals surface area contributed by atoms with Crippen LogP contribution in [0.2, 0.25) is 0 Å². The van der Waals surface area contributed by atoms with E-state index in [9.17, 15) is 0 Å². The van der Waals surface area contributed by atoms with Crippen LogP contribution in [0.4, 0.5) is 5.69 Å². The van der Waals surface area contributed by atoms with E-state index in [-0.39, 0.29) is 0 Å². The van der Waals surface area contributed by atoms with Gasteiger partial charge in [-0.25, -0.2) is 0 Å². The van der Waals surface area contributed by atoms with Gasteiger partial charge in [0, 0.05) is 23.2 Å². The van der Waals surface area contributed by atoms with Gasteiger partial charge in [0.15, 0.2) is 0 Å². The summed E-state index contributed by atoms with van der Waals surface area (Å²) in [4.78, 5) is 0. The largest absolute Gasteiger partial charge is 0.464 e. The fourth-order valence-corrected chi connectivity index (χ4v) is 2.04. The van der Waals surface area contributed by atoms with E-state index in [0.29, 0.717) is 6.54 Å². The van der Waals surface area contributed by atoms with E-state index in [1.165, 1.54) is 0 Å². The molecular weight excluding hydrogens is 202 g/mol. The normalized spacial score (nSPS) is 15.4.